The molecule has 1 heterocycles. The highest BCUT2D eigenvalue weighted by Gasteiger charge is 2.25. The number of nitrogens with zero attached hydrogens (tertiary/aromatic N) is 1. The Bertz CT molecular complexity index is 1120. The molecule has 1 atom stereocenters. The molecule has 1 amide bonds. The Hall–Kier alpha value is -3.00. The third kappa shape index (κ3) is 4.94. The molecule has 1 unspecified atom stereocenters. The lowest BCUT2D eigenvalue weighted by Gasteiger charge is -2.13. The summed E-state index contributed by atoms with van der Waals surface area (Å²) in [5.74, 6) is 0.569. The van der Waals surface area contributed by atoms with E-state index in [0.717, 1.165) is 23.5 Å². The fourth-order valence-electron chi connectivity index (χ4n) is 2.82. The van der Waals surface area contributed by atoms with Crippen LogP contribution in [0.5, 0.6) is 0 Å². The SMILES string of the molecule is CC(C)c1cnc(-c2ccc(NC(=O)CC(C)S(=O)(=O)c3ccc(F)cc3)cc2)o1. The van der Waals surface area contributed by atoms with Crippen LogP contribution in [0.15, 0.2) is 64.0 Å². The van der Waals surface area contributed by atoms with Crippen molar-refractivity contribution in [2.75, 3.05) is 5.32 Å². The van der Waals surface area contributed by atoms with E-state index in [1.807, 2.05) is 13.8 Å². The van der Waals surface area contributed by atoms with E-state index >= 15 is 0 Å². The van der Waals surface area contributed by atoms with Crippen molar-refractivity contribution < 1.29 is 22.0 Å². The predicted octanol–water partition coefficient (Wildman–Crippen LogP) is 4.80. The van der Waals surface area contributed by atoms with E-state index in [1.54, 1.807) is 30.5 Å². The van der Waals surface area contributed by atoms with Crippen LogP contribution in [0.3, 0.4) is 0 Å². The fraction of sp³-hybridized carbons (Fsp3) is 0.273. The van der Waals surface area contributed by atoms with Gasteiger partial charge in [0.1, 0.15) is 11.6 Å². The molecule has 0 saturated heterocycles. The summed E-state index contributed by atoms with van der Waals surface area (Å²) in [7, 11) is -3.74. The Kier molecular flexibility index (Phi) is 6.36. The minimum Gasteiger partial charge on any atom is -0.441 e. The van der Waals surface area contributed by atoms with Gasteiger partial charge in [-0.2, -0.15) is 0 Å². The highest BCUT2D eigenvalue weighted by atomic mass is 32.2. The molecule has 0 aliphatic carbocycles. The summed E-state index contributed by atoms with van der Waals surface area (Å²) >= 11 is 0. The van der Waals surface area contributed by atoms with E-state index in [9.17, 15) is 17.6 Å². The Morgan fingerprint density at radius 3 is 2.27 bits per heavy atom. The minimum absolute atomic E-state index is 0.0136. The van der Waals surface area contributed by atoms with Crippen molar-refractivity contribution in [2.45, 2.75) is 43.3 Å². The standard InChI is InChI=1S/C22H23FN2O4S/c1-14(2)20-13-24-22(29-20)16-4-8-18(9-5-16)25-21(26)12-15(3)30(27,28)19-10-6-17(23)7-11-19/h4-11,13-15H,12H2,1-3H3,(H,25,26). The smallest absolute Gasteiger partial charge is 0.226 e. The third-order valence-corrected chi connectivity index (χ3v) is 6.81. The lowest BCUT2D eigenvalue weighted by molar-refractivity contribution is -0.116. The largest absolute Gasteiger partial charge is 0.441 e. The average Bonchev–Trinajstić information content (AvgIpc) is 3.19. The van der Waals surface area contributed by atoms with Gasteiger partial charge in [0.2, 0.25) is 11.8 Å². The number of carbonyl (C=O) groups is 1. The number of hydrogen-bond acceptors (Lipinski definition) is 5. The Morgan fingerprint density at radius 2 is 1.70 bits per heavy atom. The van der Waals surface area contributed by atoms with Gasteiger partial charge in [0, 0.05) is 23.6 Å². The van der Waals surface area contributed by atoms with Crippen molar-refractivity contribution in [1.82, 2.24) is 4.98 Å². The van der Waals surface area contributed by atoms with Crippen LogP contribution in [0.25, 0.3) is 11.5 Å². The van der Waals surface area contributed by atoms with Gasteiger partial charge >= 0.3 is 0 Å². The van der Waals surface area contributed by atoms with Gasteiger partial charge in [-0.05, 0) is 55.5 Å². The molecule has 1 N–H and O–H groups in total. The highest BCUT2D eigenvalue weighted by Crippen LogP contribution is 2.25. The topological polar surface area (TPSA) is 89.3 Å². The highest BCUT2D eigenvalue weighted by molar-refractivity contribution is 7.92. The number of anilines is 1. The zero-order valence-electron chi connectivity index (χ0n) is 16.9. The second-order valence-electron chi connectivity index (χ2n) is 7.36. The third-order valence-electron chi connectivity index (χ3n) is 4.65. The van der Waals surface area contributed by atoms with Gasteiger partial charge in [-0.25, -0.2) is 17.8 Å². The maximum absolute atomic E-state index is 13.0. The first-order chi connectivity index (χ1) is 14.2. The number of rotatable bonds is 7. The maximum atomic E-state index is 13.0. The second kappa shape index (κ2) is 8.79. The zero-order valence-corrected chi connectivity index (χ0v) is 17.7. The lowest BCUT2D eigenvalue weighted by Crippen LogP contribution is -2.25. The molecule has 0 bridgehead atoms. The number of halogens is 1. The quantitative estimate of drug-likeness (QED) is 0.544. The molecular formula is C22H23FN2O4S. The van der Waals surface area contributed by atoms with Gasteiger partial charge in [0.05, 0.1) is 16.3 Å². The number of hydrogen-bond donors (Lipinski definition) is 1. The molecule has 0 fully saturated rings. The summed E-state index contributed by atoms with van der Waals surface area (Å²) in [6.07, 6.45) is 1.47. The van der Waals surface area contributed by atoms with Crippen LogP contribution in [0.2, 0.25) is 0 Å². The zero-order chi connectivity index (χ0) is 21.9. The van der Waals surface area contributed by atoms with Crippen LogP contribution in [0, 0.1) is 5.82 Å². The van der Waals surface area contributed by atoms with E-state index in [2.05, 4.69) is 10.3 Å². The summed E-state index contributed by atoms with van der Waals surface area (Å²) in [5.41, 5.74) is 1.30. The van der Waals surface area contributed by atoms with Crippen molar-refractivity contribution in [3.05, 3.63) is 66.3 Å². The molecule has 0 aliphatic heterocycles. The van der Waals surface area contributed by atoms with Gasteiger partial charge in [-0.15, -0.1) is 0 Å². The molecule has 3 rings (SSSR count). The summed E-state index contributed by atoms with van der Waals surface area (Å²) < 4.78 is 43.9. The van der Waals surface area contributed by atoms with Crippen LogP contribution < -0.4 is 5.32 Å². The summed E-state index contributed by atoms with van der Waals surface area (Å²) in [6, 6.07) is 11.5. The maximum Gasteiger partial charge on any atom is 0.226 e. The van der Waals surface area contributed by atoms with Crippen LogP contribution in [0.1, 0.15) is 38.9 Å². The first-order valence-electron chi connectivity index (χ1n) is 9.52. The van der Waals surface area contributed by atoms with E-state index in [4.69, 9.17) is 4.42 Å². The predicted molar refractivity (Wildman–Crippen MR) is 112 cm³/mol. The van der Waals surface area contributed by atoms with E-state index in [1.165, 1.54) is 19.1 Å². The van der Waals surface area contributed by atoms with Crippen molar-refractivity contribution in [3.63, 3.8) is 0 Å². The van der Waals surface area contributed by atoms with Crippen molar-refractivity contribution in [1.29, 1.82) is 0 Å². The molecule has 2 aromatic carbocycles. The Labute approximate surface area is 175 Å². The first kappa shape index (κ1) is 21.7. The van der Waals surface area contributed by atoms with Crippen molar-refractivity contribution in [3.8, 4) is 11.5 Å². The number of nitrogens with one attached hydrogen (secondary N) is 1. The molecule has 0 spiro atoms. The van der Waals surface area contributed by atoms with Gasteiger partial charge in [0.25, 0.3) is 0 Å². The van der Waals surface area contributed by atoms with Crippen molar-refractivity contribution >= 4 is 21.4 Å². The lowest BCUT2D eigenvalue weighted by atomic mass is 10.2. The van der Waals surface area contributed by atoms with Gasteiger partial charge < -0.3 is 9.73 Å². The van der Waals surface area contributed by atoms with E-state index < -0.39 is 26.8 Å². The molecule has 0 aliphatic rings. The molecule has 1 aromatic heterocycles. The number of carbonyl (C=O) groups excluding carboxylic acids is 1. The fourth-order valence-corrected chi connectivity index (χ4v) is 4.17. The molecule has 8 heteroatoms. The number of benzene rings is 2. The summed E-state index contributed by atoms with van der Waals surface area (Å²) in [4.78, 5) is 16.6. The molecule has 30 heavy (non-hydrogen) atoms. The molecule has 0 saturated carbocycles. The van der Waals surface area contributed by atoms with Gasteiger partial charge in [0.15, 0.2) is 9.84 Å². The van der Waals surface area contributed by atoms with Crippen LogP contribution in [-0.2, 0) is 14.6 Å². The van der Waals surface area contributed by atoms with Crippen LogP contribution >= 0.6 is 0 Å². The summed E-state index contributed by atoms with van der Waals surface area (Å²) in [5, 5.41) is 1.74. The van der Waals surface area contributed by atoms with Crippen LogP contribution in [-0.4, -0.2) is 24.6 Å². The molecule has 3 aromatic rings. The Morgan fingerprint density at radius 1 is 1.07 bits per heavy atom. The van der Waals surface area contributed by atoms with Gasteiger partial charge in [-0.3, -0.25) is 4.79 Å². The van der Waals surface area contributed by atoms with E-state index in [0.29, 0.717) is 11.6 Å². The second-order valence-corrected chi connectivity index (χ2v) is 9.73. The summed E-state index contributed by atoms with van der Waals surface area (Å²) in [6.45, 7) is 5.48. The average molecular weight is 431 g/mol. The monoisotopic (exact) mass is 430 g/mol. The number of aromatic nitrogens is 1. The Balaban J connectivity index is 1.63. The minimum atomic E-state index is -3.74. The van der Waals surface area contributed by atoms with E-state index in [-0.39, 0.29) is 17.2 Å². The molecule has 0 radical (unpaired) electrons. The molecule has 6 nitrogen and oxygen atoms in total. The first-order valence-corrected chi connectivity index (χ1v) is 11.1. The molecule has 158 valence electrons. The molecular weight excluding hydrogens is 407 g/mol. The number of oxazole rings is 1. The van der Waals surface area contributed by atoms with Crippen LogP contribution in [0.4, 0.5) is 10.1 Å². The normalized spacial score (nSPS) is 12.7. The van der Waals surface area contributed by atoms with Crippen molar-refractivity contribution in [2.24, 2.45) is 0 Å². The number of amides is 1. The number of sulfone groups is 1. The van der Waals surface area contributed by atoms with Gasteiger partial charge in [-0.1, -0.05) is 13.8 Å².